The first-order chi connectivity index (χ1) is 17.8. The third kappa shape index (κ3) is 12.2. The molecule has 0 aromatic heterocycles. The Morgan fingerprint density at radius 3 is 1.76 bits per heavy atom. The lowest BCUT2D eigenvalue weighted by molar-refractivity contribution is -0.121. The molecule has 37 heavy (non-hydrogen) atoms. The van der Waals surface area contributed by atoms with Gasteiger partial charge in [0, 0.05) is 29.7 Å². The van der Waals surface area contributed by atoms with Crippen molar-refractivity contribution in [2.75, 3.05) is 6.54 Å². The molecule has 1 aliphatic rings. The average Bonchev–Trinajstić information content (AvgIpc) is 2.88. The predicted molar refractivity (Wildman–Crippen MR) is 154 cm³/mol. The van der Waals surface area contributed by atoms with E-state index in [2.05, 4.69) is 12.2 Å². The summed E-state index contributed by atoms with van der Waals surface area (Å²) in [6.07, 6.45) is 22.2. The zero-order chi connectivity index (χ0) is 26.9. The number of amides is 1. The Kier molecular flexibility index (Phi) is 14.5. The van der Waals surface area contributed by atoms with E-state index in [0.29, 0.717) is 36.1 Å². The first-order valence-corrected chi connectivity index (χ1v) is 15.0. The van der Waals surface area contributed by atoms with Crippen LogP contribution in [0.5, 0.6) is 0 Å². The van der Waals surface area contributed by atoms with Gasteiger partial charge in [-0.2, -0.15) is 0 Å². The van der Waals surface area contributed by atoms with E-state index in [1.54, 1.807) is 24.3 Å². The summed E-state index contributed by atoms with van der Waals surface area (Å²) in [6, 6.07) is 6.98. The molecule has 4 heteroatoms. The summed E-state index contributed by atoms with van der Waals surface area (Å²) in [5.41, 5.74) is 1.19. The van der Waals surface area contributed by atoms with Crippen LogP contribution in [0.4, 0.5) is 0 Å². The highest BCUT2D eigenvalue weighted by Gasteiger charge is 2.29. The van der Waals surface area contributed by atoms with Crippen molar-refractivity contribution in [3.63, 3.8) is 0 Å². The lowest BCUT2D eigenvalue weighted by Crippen LogP contribution is -2.35. The summed E-state index contributed by atoms with van der Waals surface area (Å²) in [5.74, 6) is -0.112. The maximum absolute atomic E-state index is 12.8. The van der Waals surface area contributed by atoms with Crippen molar-refractivity contribution in [1.29, 1.82) is 0 Å². The standard InChI is InChI=1S/C33H51NO3/c1-4-5-6-7-8-9-10-11-12-13-14-15-16-17-18-23-31(36)34-26-33(2,3)25-27-24-30(35)28-21-19-20-22-29(28)32(27)37/h19-22,24H,4-18,23,25-26H2,1-3H3,(H,34,36). The summed E-state index contributed by atoms with van der Waals surface area (Å²) in [5, 5.41) is 3.04. The van der Waals surface area contributed by atoms with Crippen LogP contribution < -0.4 is 5.32 Å². The third-order valence-electron chi connectivity index (χ3n) is 7.47. The van der Waals surface area contributed by atoms with Crippen LogP contribution in [0.2, 0.25) is 0 Å². The van der Waals surface area contributed by atoms with E-state index in [1.807, 2.05) is 13.8 Å². The van der Waals surface area contributed by atoms with Crippen molar-refractivity contribution in [1.82, 2.24) is 5.32 Å². The van der Waals surface area contributed by atoms with Crippen molar-refractivity contribution >= 4 is 17.5 Å². The Balaban J connectivity index is 1.49. The largest absolute Gasteiger partial charge is 0.356 e. The average molecular weight is 510 g/mol. The first kappa shape index (κ1) is 31.0. The van der Waals surface area contributed by atoms with Crippen molar-refractivity contribution in [3.8, 4) is 0 Å². The third-order valence-corrected chi connectivity index (χ3v) is 7.47. The number of allylic oxidation sites excluding steroid dienone is 2. The van der Waals surface area contributed by atoms with E-state index >= 15 is 0 Å². The number of ketones is 2. The van der Waals surface area contributed by atoms with Crippen molar-refractivity contribution in [2.45, 2.75) is 130 Å². The van der Waals surface area contributed by atoms with E-state index in [1.165, 1.54) is 89.5 Å². The Morgan fingerprint density at radius 1 is 0.730 bits per heavy atom. The number of nitrogens with one attached hydrogen (secondary N) is 1. The maximum Gasteiger partial charge on any atom is 0.220 e. The quantitative estimate of drug-likeness (QED) is 0.179. The van der Waals surface area contributed by atoms with E-state index < -0.39 is 0 Å². The number of Topliss-reactive ketones (excluding diaryl/α,β-unsaturated/α-hetero) is 1. The minimum atomic E-state index is -0.307. The van der Waals surface area contributed by atoms with Crippen molar-refractivity contribution in [2.24, 2.45) is 5.41 Å². The van der Waals surface area contributed by atoms with Crippen LogP contribution in [0.15, 0.2) is 35.9 Å². The predicted octanol–water partition coefficient (Wildman–Crippen LogP) is 8.79. The number of carbonyl (C=O) groups is 3. The zero-order valence-corrected chi connectivity index (χ0v) is 23.8. The molecule has 0 unspecified atom stereocenters. The molecule has 0 aliphatic heterocycles. The van der Waals surface area contributed by atoms with Gasteiger partial charge in [0.15, 0.2) is 11.6 Å². The van der Waals surface area contributed by atoms with Crippen molar-refractivity contribution < 1.29 is 14.4 Å². The summed E-state index contributed by atoms with van der Waals surface area (Å²) >= 11 is 0. The Morgan fingerprint density at radius 2 is 1.22 bits per heavy atom. The van der Waals surface area contributed by atoms with Gasteiger partial charge in [0.2, 0.25) is 5.91 Å². The van der Waals surface area contributed by atoms with Gasteiger partial charge in [-0.25, -0.2) is 0 Å². The van der Waals surface area contributed by atoms with Gasteiger partial charge in [0.25, 0.3) is 0 Å². The second-order valence-electron chi connectivity index (χ2n) is 11.7. The second-order valence-corrected chi connectivity index (χ2v) is 11.7. The van der Waals surface area contributed by atoms with Gasteiger partial charge in [0.1, 0.15) is 0 Å². The van der Waals surface area contributed by atoms with Gasteiger partial charge in [-0.05, 0) is 24.3 Å². The highest BCUT2D eigenvalue weighted by molar-refractivity contribution is 6.24. The molecule has 0 atom stereocenters. The molecule has 206 valence electrons. The van der Waals surface area contributed by atoms with E-state index in [-0.39, 0.29) is 22.9 Å². The number of unbranched alkanes of at least 4 members (excludes halogenated alkanes) is 14. The van der Waals surface area contributed by atoms with Crippen LogP contribution >= 0.6 is 0 Å². The molecule has 4 nitrogen and oxygen atoms in total. The number of hydrogen-bond donors (Lipinski definition) is 1. The SMILES string of the molecule is CCCCCCCCCCCCCCCCCC(=O)NCC(C)(C)CC1=CC(=O)c2ccccc2C1=O. The summed E-state index contributed by atoms with van der Waals surface area (Å²) in [7, 11) is 0. The molecule has 1 aromatic carbocycles. The number of carbonyl (C=O) groups excluding carboxylic acids is 3. The zero-order valence-electron chi connectivity index (χ0n) is 23.8. The molecule has 0 saturated heterocycles. The normalized spacial score (nSPS) is 13.4. The molecule has 1 aromatic rings. The molecule has 0 fully saturated rings. The van der Waals surface area contributed by atoms with Crippen LogP contribution in [0.1, 0.15) is 151 Å². The minimum Gasteiger partial charge on any atom is -0.356 e. The summed E-state index contributed by atoms with van der Waals surface area (Å²) in [6.45, 7) is 6.82. The van der Waals surface area contributed by atoms with Crippen LogP contribution in [-0.2, 0) is 4.79 Å². The van der Waals surface area contributed by atoms with Gasteiger partial charge < -0.3 is 5.32 Å². The monoisotopic (exact) mass is 509 g/mol. The highest BCUT2D eigenvalue weighted by atomic mass is 16.2. The second kappa shape index (κ2) is 17.3. The Bertz CT molecular complexity index is 883. The topological polar surface area (TPSA) is 63.2 Å². The van der Waals surface area contributed by atoms with Crippen LogP contribution in [0, 0.1) is 5.41 Å². The maximum atomic E-state index is 12.8. The molecule has 0 heterocycles. The van der Waals surface area contributed by atoms with E-state index in [4.69, 9.17) is 0 Å². The molecular weight excluding hydrogens is 458 g/mol. The number of hydrogen-bond acceptors (Lipinski definition) is 3. The summed E-state index contributed by atoms with van der Waals surface area (Å²) in [4.78, 5) is 37.6. The number of rotatable bonds is 20. The van der Waals surface area contributed by atoms with Gasteiger partial charge >= 0.3 is 0 Å². The molecule has 1 N–H and O–H groups in total. The van der Waals surface area contributed by atoms with Gasteiger partial charge in [-0.15, -0.1) is 0 Å². The van der Waals surface area contributed by atoms with Gasteiger partial charge in [0.05, 0.1) is 0 Å². The van der Waals surface area contributed by atoms with E-state index in [9.17, 15) is 14.4 Å². The first-order valence-electron chi connectivity index (χ1n) is 15.0. The summed E-state index contributed by atoms with van der Waals surface area (Å²) < 4.78 is 0. The molecule has 0 saturated carbocycles. The fourth-order valence-corrected chi connectivity index (χ4v) is 5.16. The lowest BCUT2D eigenvalue weighted by Gasteiger charge is -2.27. The van der Waals surface area contributed by atoms with Crippen LogP contribution in [0.25, 0.3) is 0 Å². The highest BCUT2D eigenvalue weighted by Crippen LogP contribution is 2.30. The Labute approximate surface area is 226 Å². The minimum absolute atomic E-state index is 0.0765. The number of fused-ring (bicyclic) bond motifs is 1. The lowest BCUT2D eigenvalue weighted by atomic mass is 9.79. The fourth-order valence-electron chi connectivity index (χ4n) is 5.16. The van der Waals surface area contributed by atoms with Crippen LogP contribution in [-0.4, -0.2) is 24.0 Å². The molecular formula is C33H51NO3. The molecule has 0 radical (unpaired) electrons. The van der Waals surface area contributed by atoms with Crippen LogP contribution in [0.3, 0.4) is 0 Å². The molecule has 1 amide bonds. The van der Waals surface area contributed by atoms with Gasteiger partial charge in [-0.1, -0.05) is 135 Å². The van der Waals surface area contributed by atoms with E-state index in [0.717, 1.165) is 12.8 Å². The number of benzene rings is 1. The molecule has 0 bridgehead atoms. The molecule has 0 spiro atoms. The molecule has 2 rings (SSSR count). The van der Waals surface area contributed by atoms with Crippen molar-refractivity contribution in [3.05, 3.63) is 47.0 Å². The van der Waals surface area contributed by atoms with Gasteiger partial charge in [-0.3, -0.25) is 14.4 Å². The smallest absolute Gasteiger partial charge is 0.220 e. The Hall–Kier alpha value is -2.23. The molecule has 1 aliphatic carbocycles. The fraction of sp³-hybridized carbons (Fsp3) is 0.667.